The van der Waals surface area contributed by atoms with Crippen molar-refractivity contribution in [2.24, 2.45) is 0 Å². The number of aromatic hydroxyl groups is 1. The molecule has 2 N–H and O–H groups in total. The summed E-state index contributed by atoms with van der Waals surface area (Å²) in [4.78, 5) is 12.7. The van der Waals surface area contributed by atoms with E-state index in [2.05, 4.69) is 10.1 Å². The summed E-state index contributed by atoms with van der Waals surface area (Å²) in [5.74, 6) is -1.86. The van der Waals surface area contributed by atoms with E-state index in [-0.39, 0.29) is 17.2 Å². The zero-order valence-corrected chi connectivity index (χ0v) is 18.5. The maximum absolute atomic E-state index is 14.6. The van der Waals surface area contributed by atoms with Gasteiger partial charge in [-0.3, -0.25) is 0 Å². The highest BCUT2D eigenvalue weighted by molar-refractivity contribution is 5.88. The Hall–Kier alpha value is -4.08. The van der Waals surface area contributed by atoms with Crippen molar-refractivity contribution in [1.82, 2.24) is 0 Å². The molecule has 0 aliphatic rings. The maximum Gasteiger partial charge on any atom is 0.426 e. The first-order valence-corrected chi connectivity index (χ1v) is 9.88. The van der Waals surface area contributed by atoms with Gasteiger partial charge in [-0.1, -0.05) is 18.2 Å². The Morgan fingerprint density at radius 1 is 0.853 bits per heavy atom. The van der Waals surface area contributed by atoms with Gasteiger partial charge in [-0.2, -0.15) is 13.2 Å². The average molecular weight is 477 g/mol. The topological polar surface area (TPSA) is 86.3 Å². The molecule has 0 saturated heterocycles. The van der Waals surface area contributed by atoms with Gasteiger partial charge >= 0.3 is 12.1 Å². The number of carbonyl (C=O) groups is 1. The Morgan fingerprint density at radius 3 is 1.85 bits per heavy atom. The number of ether oxygens (including phenoxy) is 4. The molecule has 0 aromatic heterocycles. The fourth-order valence-corrected chi connectivity index (χ4v) is 3.30. The first-order chi connectivity index (χ1) is 16.2. The molecule has 0 bridgehead atoms. The number of halogens is 3. The largest absolute Gasteiger partial charge is 0.502 e. The predicted molar refractivity (Wildman–Crippen MR) is 118 cm³/mol. The molecule has 0 amide bonds. The second-order valence-electron chi connectivity index (χ2n) is 7.03. The van der Waals surface area contributed by atoms with E-state index >= 15 is 0 Å². The number of benzene rings is 3. The van der Waals surface area contributed by atoms with Crippen LogP contribution in [-0.4, -0.2) is 38.6 Å². The number of carbonyl (C=O) groups excluding carboxylic acids is 1. The fraction of sp³-hybridized carbons (Fsp3) is 0.208. The lowest BCUT2D eigenvalue weighted by atomic mass is 9.87. The third-order valence-corrected chi connectivity index (χ3v) is 4.99. The quantitative estimate of drug-likeness (QED) is 0.429. The number of methoxy groups -OCH3 is 3. The number of phenolic OH excluding ortho intramolecular Hbond substituents is 1. The summed E-state index contributed by atoms with van der Waals surface area (Å²) < 4.78 is 63.9. The summed E-state index contributed by atoms with van der Waals surface area (Å²) in [7, 11) is 3.16. The van der Waals surface area contributed by atoms with E-state index < -0.39 is 29.0 Å². The molecule has 0 heterocycles. The molecule has 0 radical (unpaired) electrons. The van der Waals surface area contributed by atoms with Crippen LogP contribution in [0.4, 0.5) is 18.9 Å². The number of hydrogen-bond acceptors (Lipinski definition) is 7. The lowest BCUT2D eigenvalue weighted by molar-refractivity contribution is -0.201. The van der Waals surface area contributed by atoms with Crippen LogP contribution in [0.5, 0.6) is 28.7 Å². The Bertz CT molecular complexity index is 1110. The minimum Gasteiger partial charge on any atom is -0.502 e. The molecule has 0 saturated carbocycles. The first kappa shape index (κ1) is 24.6. The number of alkyl halides is 3. The van der Waals surface area contributed by atoms with Crippen molar-refractivity contribution in [1.29, 1.82) is 0 Å². The zero-order valence-electron chi connectivity index (χ0n) is 18.5. The summed E-state index contributed by atoms with van der Waals surface area (Å²) in [6.07, 6.45) is -5.17. The van der Waals surface area contributed by atoms with E-state index in [1.807, 2.05) is 6.07 Å². The summed E-state index contributed by atoms with van der Waals surface area (Å²) in [5.41, 5.74) is -4.00. The van der Waals surface area contributed by atoms with Gasteiger partial charge in [0.2, 0.25) is 5.75 Å². The van der Waals surface area contributed by atoms with Crippen LogP contribution in [0, 0.1) is 0 Å². The van der Waals surface area contributed by atoms with E-state index in [1.54, 1.807) is 24.3 Å². The van der Waals surface area contributed by atoms with E-state index in [4.69, 9.17) is 14.2 Å². The van der Waals surface area contributed by atoms with Crippen molar-refractivity contribution >= 4 is 11.7 Å². The lowest BCUT2D eigenvalue weighted by Gasteiger charge is -2.35. The lowest BCUT2D eigenvalue weighted by Crippen LogP contribution is -2.55. The van der Waals surface area contributed by atoms with E-state index in [1.165, 1.54) is 24.3 Å². The van der Waals surface area contributed by atoms with Gasteiger partial charge in [0.05, 0.1) is 21.3 Å². The van der Waals surface area contributed by atoms with Gasteiger partial charge < -0.3 is 29.4 Å². The molecular weight excluding hydrogens is 455 g/mol. The molecule has 0 fully saturated rings. The zero-order chi connectivity index (χ0) is 24.9. The van der Waals surface area contributed by atoms with E-state index in [9.17, 15) is 23.1 Å². The normalized spacial score (nSPS) is 12.9. The molecule has 7 nitrogen and oxygen atoms in total. The minimum atomic E-state index is -5.17. The Balaban J connectivity index is 2.08. The molecule has 10 heteroatoms. The maximum atomic E-state index is 14.6. The number of phenols is 1. The number of esters is 1. The first-order valence-electron chi connectivity index (χ1n) is 9.88. The van der Waals surface area contributed by atoms with Crippen LogP contribution in [0.1, 0.15) is 5.56 Å². The highest BCUT2D eigenvalue weighted by Crippen LogP contribution is 2.47. The van der Waals surface area contributed by atoms with Crippen molar-refractivity contribution in [2.45, 2.75) is 11.7 Å². The SMILES string of the molecule is COC(=O)C(Nc1ccc(Oc2ccccc2)cc1)(c1cc(OC)c(O)c(OC)c1)C(F)(F)F. The van der Waals surface area contributed by atoms with Crippen LogP contribution in [-0.2, 0) is 15.1 Å². The van der Waals surface area contributed by atoms with Crippen molar-refractivity contribution in [2.75, 3.05) is 26.6 Å². The molecule has 0 aliphatic heterocycles. The van der Waals surface area contributed by atoms with Crippen LogP contribution < -0.4 is 19.5 Å². The third-order valence-electron chi connectivity index (χ3n) is 4.99. The van der Waals surface area contributed by atoms with Gasteiger partial charge in [0.15, 0.2) is 11.5 Å². The second-order valence-corrected chi connectivity index (χ2v) is 7.03. The Labute approximate surface area is 193 Å². The molecule has 3 aromatic rings. The molecule has 180 valence electrons. The predicted octanol–water partition coefficient (Wildman–Crippen LogP) is 5.24. The Kier molecular flexibility index (Phi) is 7.09. The summed E-state index contributed by atoms with van der Waals surface area (Å²) in [6, 6.07) is 16.2. The monoisotopic (exact) mass is 477 g/mol. The molecule has 1 unspecified atom stereocenters. The van der Waals surface area contributed by atoms with Crippen LogP contribution in [0.25, 0.3) is 0 Å². The summed E-state index contributed by atoms with van der Waals surface area (Å²) in [5, 5.41) is 12.4. The average Bonchev–Trinajstić information content (AvgIpc) is 2.83. The van der Waals surface area contributed by atoms with Gasteiger partial charge in [0, 0.05) is 11.3 Å². The van der Waals surface area contributed by atoms with Crippen molar-refractivity contribution in [3.05, 3.63) is 72.3 Å². The van der Waals surface area contributed by atoms with Gasteiger partial charge in [0.25, 0.3) is 5.54 Å². The number of para-hydroxylation sites is 1. The number of nitrogens with one attached hydrogen (secondary N) is 1. The molecule has 1 atom stereocenters. The van der Waals surface area contributed by atoms with Crippen molar-refractivity contribution < 1.29 is 42.0 Å². The third kappa shape index (κ3) is 4.66. The number of anilines is 1. The van der Waals surface area contributed by atoms with Crippen LogP contribution in [0.15, 0.2) is 66.7 Å². The summed E-state index contributed by atoms with van der Waals surface area (Å²) in [6.45, 7) is 0. The molecule has 0 spiro atoms. The number of hydrogen-bond donors (Lipinski definition) is 2. The molecule has 0 aliphatic carbocycles. The van der Waals surface area contributed by atoms with E-state index in [0.717, 1.165) is 33.5 Å². The molecular formula is C24H22F3NO6. The smallest absolute Gasteiger partial charge is 0.426 e. The van der Waals surface area contributed by atoms with Gasteiger partial charge in [-0.05, 0) is 48.5 Å². The fourth-order valence-electron chi connectivity index (χ4n) is 3.30. The second kappa shape index (κ2) is 9.82. The molecule has 34 heavy (non-hydrogen) atoms. The van der Waals surface area contributed by atoms with Crippen molar-refractivity contribution in [3.8, 4) is 28.7 Å². The Morgan fingerprint density at radius 2 is 1.38 bits per heavy atom. The van der Waals surface area contributed by atoms with Crippen LogP contribution in [0.2, 0.25) is 0 Å². The minimum absolute atomic E-state index is 0.0471. The number of rotatable bonds is 8. The van der Waals surface area contributed by atoms with Gasteiger partial charge in [-0.15, -0.1) is 0 Å². The van der Waals surface area contributed by atoms with Gasteiger partial charge in [-0.25, -0.2) is 4.79 Å². The van der Waals surface area contributed by atoms with Crippen LogP contribution >= 0.6 is 0 Å². The standard InChI is InChI=1S/C24H22F3NO6/c1-31-19-13-15(14-20(32-2)21(19)29)23(22(30)33-3,24(25,26)27)28-16-9-11-18(12-10-16)34-17-7-5-4-6-8-17/h4-14,28-29H,1-3H3. The highest BCUT2D eigenvalue weighted by Gasteiger charge is 2.63. The van der Waals surface area contributed by atoms with Crippen LogP contribution in [0.3, 0.4) is 0 Å². The van der Waals surface area contributed by atoms with E-state index in [0.29, 0.717) is 11.5 Å². The highest BCUT2D eigenvalue weighted by atomic mass is 19.4. The van der Waals surface area contributed by atoms with Gasteiger partial charge in [0.1, 0.15) is 11.5 Å². The molecule has 3 aromatic carbocycles. The summed E-state index contributed by atoms with van der Waals surface area (Å²) >= 11 is 0. The molecule has 3 rings (SSSR count). The van der Waals surface area contributed by atoms with Crippen molar-refractivity contribution in [3.63, 3.8) is 0 Å².